The molecule has 68 valence electrons. The summed E-state index contributed by atoms with van der Waals surface area (Å²) in [5.41, 5.74) is 2.01. The fourth-order valence-corrected chi connectivity index (χ4v) is 1.16. The molecule has 13 heavy (non-hydrogen) atoms. The second kappa shape index (κ2) is 5.34. The molecule has 0 amide bonds. The number of hydrogen-bond donors (Lipinski definition) is 1. The van der Waals surface area contributed by atoms with E-state index in [-0.39, 0.29) is 0 Å². The summed E-state index contributed by atoms with van der Waals surface area (Å²) in [5.74, 6) is 0. The van der Waals surface area contributed by atoms with Crippen molar-refractivity contribution in [1.29, 1.82) is 5.26 Å². The van der Waals surface area contributed by atoms with Crippen LogP contribution in [0, 0.1) is 11.3 Å². The highest BCUT2D eigenvalue weighted by molar-refractivity contribution is 5.31. The third kappa shape index (κ3) is 3.27. The van der Waals surface area contributed by atoms with Crippen LogP contribution in [0.5, 0.6) is 0 Å². The molecule has 2 nitrogen and oxygen atoms in total. The Balaban J connectivity index is 2.46. The van der Waals surface area contributed by atoms with Crippen LogP contribution in [-0.2, 0) is 6.42 Å². The van der Waals surface area contributed by atoms with Crippen LogP contribution < -0.4 is 5.32 Å². The molecule has 0 radical (unpaired) electrons. The van der Waals surface area contributed by atoms with Gasteiger partial charge in [0, 0.05) is 0 Å². The second-order valence-electron chi connectivity index (χ2n) is 2.91. The lowest BCUT2D eigenvalue weighted by atomic mass is 10.1. The van der Waals surface area contributed by atoms with E-state index in [2.05, 4.69) is 18.3 Å². The van der Waals surface area contributed by atoms with E-state index in [4.69, 9.17) is 5.26 Å². The highest BCUT2D eigenvalue weighted by Gasteiger charge is 1.92. The van der Waals surface area contributed by atoms with Gasteiger partial charge in [-0.1, -0.05) is 19.1 Å². The summed E-state index contributed by atoms with van der Waals surface area (Å²) in [6.45, 7) is 4.11. The smallest absolute Gasteiger partial charge is 0.0991 e. The van der Waals surface area contributed by atoms with Crippen LogP contribution in [0.3, 0.4) is 0 Å². The molecule has 1 N–H and O–H groups in total. The minimum Gasteiger partial charge on any atom is -0.317 e. The van der Waals surface area contributed by atoms with Crippen molar-refractivity contribution in [1.82, 2.24) is 5.32 Å². The molecular formula is C11H14N2. The number of nitrogens with zero attached hydrogens (tertiary/aromatic N) is 1. The predicted molar refractivity (Wildman–Crippen MR) is 53.4 cm³/mol. The van der Waals surface area contributed by atoms with Gasteiger partial charge in [0.2, 0.25) is 0 Å². The van der Waals surface area contributed by atoms with Crippen molar-refractivity contribution in [2.45, 2.75) is 13.3 Å². The maximum atomic E-state index is 8.58. The van der Waals surface area contributed by atoms with Crippen LogP contribution in [0.4, 0.5) is 0 Å². The van der Waals surface area contributed by atoms with Gasteiger partial charge < -0.3 is 5.32 Å². The van der Waals surface area contributed by atoms with Crippen molar-refractivity contribution in [2.24, 2.45) is 0 Å². The summed E-state index contributed by atoms with van der Waals surface area (Å²) in [7, 11) is 0. The molecule has 1 rings (SSSR count). The maximum Gasteiger partial charge on any atom is 0.0991 e. The van der Waals surface area contributed by atoms with Gasteiger partial charge in [0.05, 0.1) is 11.6 Å². The Hall–Kier alpha value is -1.33. The van der Waals surface area contributed by atoms with E-state index in [9.17, 15) is 0 Å². The monoisotopic (exact) mass is 174 g/mol. The molecule has 2 heteroatoms. The van der Waals surface area contributed by atoms with E-state index in [0.29, 0.717) is 0 Å². The molecule has 0 atom stereocenters. The van der Waals surface area contributed by atoms with Gasteiger partial charge in [-0.15, -0.1) is 0 Å². The number of rotatable bonds is 4. The lowest BCUT2D eigenvalue weighted by Crippen LogP contribution is -2.15. The molecule has 1 aromatic rings. The molecule has 0 heterocycles. The minimum absolute atomic E-state index is 0.729. The molecule has 0 fully saturated rings. The van der Waals surface area contributed by atoms with Gasteiger partial charge in [-0.2, -0.15) is 5.26 Å². The number of nitriles is 1. The van der Waals surface area contributed by atoms with Crippen LogP contribution >= 0.6 is 0 Å². The third-order valence-electron chi connectivity index (χ3n) is 1.92. The zero-order chi connectivity index (χ0) is 9.52. The van der Waals surface area contributed by atoms with E-state index in [1.165, 1.54) is 5.56 Å². The van der Waals surface area contributed by atoms with Crippen molar-refractivity contribution in [3.05, 3.63) is 35.4 Å². The molecule has 0 saturated carbocycles. The number of likely N-dealkylation sites (N-methyl/N-ethyl adjacent to an activating group) is 1. The highest BCUT2D eigenvalue weighted by atomic mass is 14.8. The van der Waals surface area contributed by atoms with E-state index in [1.54, 1.807) is 0 Å². The van der Waals surface area contributed by atoms with Gasteiger partial charge in [-0.25, -0.2) is 0 Å². The standard InChI is InChI=1S/C11H14N2/c1-2-13-8-7-10-3-5-11(9-12)6-4-10/h3-6,13H,2,7-8H2,1H3. The van der Waals surface area contributed by atoms with Crippen molar-refractivity contribution >= 4 is 0 Å². The summed E-state index contributed by atoms with van der Waals surface area (Å²) in [6.07, 6.45) is 1.03. The molecule has 0 aromatic heterocycles. The van der Waals surface area contributed by atoms with Crippen LogP contribution in [0.1, 0.15) is 18.1 Å². The second-order valence-corrected chi connectivity index (χ2v) is 2.91. The van der Waals surface area contributed by atoms with E-state index in [0.717, 1.165) is 25.1 Å². The van der Waals surface area contributed by atoms with Gasteiger partial charge in [0.15, 0.2) is 0 Å². The Morgan fingerprint density at radius 1 is 1.31 bits per heavy atom. The maximum absolute atomic E-state index is 8.58. The zero-order valence-corrected chi connectivity index (χ0v) is 7.88. The Morgan fingerprint density at radius 2 is 2.00 bits per heavy atom. The van der Waals surface area contributed by atoms with Crippen molar-refractivity contribution in [2.75, 3.05) is 13.1 Å². The van der Waals surface area contributed by atoms with E-state index >= 15 is 0 Å². The van der Waals surface area contributed by atoms with Crippen molar-refractivity contribution in [3.63, 3.8) is 0 Å². The molecule has 0 aliphatic heterocycles. The van der Waals surface area contributed by atoms with Gasteiger partial charge in [0.25, 0.3) is 0 Å². The molecule has 0 unspecified atom stereocenters. The lowest BCUT2D eigenvalue weighted by molar-refractivity contribution is 0.716. The molecule has 1 aromatic carbocycles. The quantitative estimate of drug-likeness (QED) is 0.705. The summed E-state index contributed by atoms with van der Waals surface area (Å²) in [6, 6.07) is 9.85. The van der Waals surface area contributed by atoms with Crippen LogP contribution in [0.2, 0.25) is 0 Å². The first kappa shape index (κ1) is 9.76. The average Bonchev–Trinajstić information content (AvgIpc) is 2.19. The Kier molecular flexibility index (Phi) is 4.01. The van der Waals surface area contributed by atoms with Crippen LogP contribution in [0.15, 0.2) is 24.3 Å². The van der Waals surface area contributed by atoms with Gasteiger partial charge in [0.1, 0.15) is 0 Å². The predicted octanol–water partition coefficient (Wildman–Crippen LogP) is 1.71. The topological polar surface area (TPSA) is 35.8 Å². The zero-order valence-electron chi connectivity index (χ0n) is 7.88. The van der Waals surface area contributed by atoms with Crippen LogP contribution in [-0.4, -0.2) is 13.1 Å². The highest BCUT2D eigenvalue weighted by Crippen LogP contribution is 2.03. The summed E-state index contributed by atoms with van der Waals surface area (Å²) < 4.78 is 0. The number of benzene rings is 1. The molecule has 0 aliphatic rings. The number of nitrogens with one attached hydrogen (secondary N) is 1. The first-order valence-corrected chi connectivity index (χ1v) is 4.56. The van der Waals surface area contributed by atoms with Crippen molar-refractivity contribution < 1.29 is 0 Å². The van der Waals surface area contributed by atoms with Gasteiger partial charge in [-0.05, 0) is 37.2 Å². The minimum atomic E-state index is 0.729. The fourth-order valence-electron chi connectivity index (χ4n) is 1.16. The largest absolute Gasteiger partial charge is 0.317 e. The lowest BCUT2D eigenvalue weighted by Gasteiger charge is -2.01. The molecule has 0 bridgehead atoms. The first-order chi connectivity index (χ1) is 6.36. The van der Waals surface area contributed by atoms with E-state index in [1.807, 2.05) is 24.3 Å². The summed E-state index contributed by atoms with van der Waals surface area (Å²) in [5, 5.41) is 11.8. The molecule has 0 spiro atoms. The average molecular weight is 174 g/mol. The SMILES string of the molecule is CCNCCc1ccc(C#N)cc1. The van der Waals surface area contributed by atoms with Gasteiger partial charge >= 0.3 is 0 Å². The Morgan fingerprint density at radius 3 is 2.54 bits per heavy atom. The van der Waals surface area contributed by atoms with Gasteiger partial charge in [-0.3, -0.25) is 0 Å². The molecule has 0 aliphatic carbocycles. The Bertz CT molecular complexity index is 282. The normalized spacial score (nSPS) is 9.54. The first-order valence-electron chi connectivity index (χ1n) is 4.56. The molecule has 0 saturated heterocycles. The van der Waals surface area contributed by atoms with Crippen molar-refractivity contribution in [3.8, 4) is 6.07 Å². The fraction of sp³-hybridized carbons (Fsp3) is 0.364. The molecular weight excluding hydrogens is 160 g/mol. The van der Waals surface area contributed by atoms with E-state index < -0.39 is 0 Å². The summed E-state index contributed by atoms with van der Waals surface area (Å²) >= 11 is 0. The number of hydrogen-bond acceptors (Lipinski definition) is 2. The summed E-state index contributed by atoms with van der Waals surface area (Å²) in [4.78, 5) is 0. The van der Waals surface area contributed by atoms with Crippen LogP contribution in [0.25, 0.3) is 0 Å². The Labute approximate surface area is 79.2 Å². The third-order valence-corrected chi connectivity index (χ3v) is 1.92.